The Morgan fingerprint density at radius 1 is 1.06 bits per heavy atom. The third-order valence-electron chi connectivity index (χ3n) is 6.28. The lowest BCUT2D eigenvalue weighted by Crippen LogP contribution is -2.46. The molecule has 4 aromatic rings. The van der Waals surface area contributed by atoms with Crippen LogP contribution in [-0.2, 0) is 6.54 Å². The van der Waals surface area contributed by atoms with Crippen molar-refractivity contribution in [1.82, 2.24) is 24.9 Å². The predicted octanol–water partition coefficient (Wildman–Crippen LogP) is 2.89. The van der Waals surface area contributed by atoms with Gasteiger partial charge in [-0.2, -0.15) is 5.10 Å². The zero-order chi connectivity index (χ0) is 24.4. The van der Waals surface area contributed by atoms with Crippen LogP contribution in [0.5, 0.6) is 0 Å². The van der Waals surface area contributed by atoms with Crippen LogP contribution < -0.4 is 4.90 Å². The topological polar surface area (TPSA) is 113 Å². The van der Waals surface area contributed by atoms with E-state index >= 15 is 0 Å². The molecule has 35 heavy (non-hydrogen) atoms. The lowest BCUT2D eigenvalue weighted by Gasteiger charge is -2.39. The maximum Gasteiger partial charge on any atom is 0.183 e. The summed E-state index contributed by atoms with van der Waals surface area (Å²) in [6.07, 6.45) is 3.68. The molecular weight excluding hydrogens is 458 g/mol. The molecule has 1 saturated heterocycles. The van der Waals surface area contributed by atoms with E-state index in [1.54, 1.807) is 39.9 Å². The van der Waals surface area contributed by atoms with Gasteiger partial charge in [0, 0.05) is 24.8 Å². The van der Waals surface area contributed by atoms with Crippen molar-refractivity contribution in [3.63, 3.8) is 0 Å². The van der Waals surface area contributed by atoms with E-state index in [9.17, 15) is 19.0 Å². The van der Waals surface area contributed by atoms with Crippen molar-refractivity contribution < 1.29 is 23.5 Å². The van der Waals surface area contributed by atoms with Gasteiger partial charge in [-0.05, 0) is 30.9 Å². The van der Waals surface area contributed by atoms with Gasteiger partial charge in [0.1, 0.15) is 23.5 Å². The van der Waals surface area contributed by atoms with Crippen molar-refractivity contribution in [3.05, 3.63) is 66.1 Å². The van der Waals surface area contributed by atoms with Gasteiger partial charge < -0.3 is 19.6 Å². The third kappa shape index (κ3) is 4.64. The first-order valence-corrected chi connectivity index (χ1v) is 11.3. The quantitative estimate of drug-likeness (QED) is 0.414. The zero-order valence-corrected chi connectivity index (χ0v) is 18.8. The SMILES string of the molecule is OCC1CCN(c2nc(-c3cc(-c4ccon4)n(Cc4ccccc4F)n3)ncc2F)C(CO)C1. The molecule has 0 spiro atoms. The number of aliphatic hydroxyl groups is 2. The summed E-state index contributed by atoms with van der Waals surface area (Å²) >= 11 is 0. The van der Waals surface area contributed by atoms with Gasteiger partial charge in [0.05, 0.1) is 31.1 Å². The Kier molecular flexibility index (Phi) is 6.51. The largest absolute Gasteiger partial charge is 0.396 e. The van der Waals surface area contributed by atoms with Crippen molar-refractivity contribution in [2.24, 2.45) is 5.92 Å². The van der Waals surface area contributed by atoms with Crippen LogP contribution in [-0.4, -0.2) is 60.9 Å². The number of piperidine rings is 1. The van der Waals surface area contributed by atoms with Gasteiger partial charge in [-0.1, -0.05) is 23.4 Å². The van der Waals surface area contributed by atoms with Crippen LogP contribution in [0.4, 0.5) is 14.6 Å². The van der Waals surface area contributed by atoms with E-state index in [0.29, 0.717) is 42.0 Å². The van der Waals surface area contributed by atoms with E-state index in [-0.39, 0.29) is 49.2 Å². The summed E-state index contributed by atoms with van der Waals surface area (Å²) in [5.74, 6) is -0.683. The van der Waals surface area contributed by atoms with Gasteiger partial charge in [0.2, 0.25) is 0 Å². The minimum absolute atomic E-state index is 0.0200. The highest BCUT2D eigenvalue weighted by Gasteiger charge is 2.31. The molecular formula is C24H24F2N6O3. The summed E-state index contributed by atoms with van der Waals surface area (Å²) < 4.78 is 35.7. The fourth-order valence-corrected chi connectivity index (χ4v) is 4.42. The number of halogens is 2. The fraction of sp³-hybridized carbons (Fsp3) is 0.333. The molecule has 1 fully saturated rings. The van der Waals surface area contributed by atoms with Crippen molar-refractivity contribution in [2.45, 2.75) is 25.4 Å². The van der Waals surface area contributed by atoms with E-state index in [1.807, 2.05) is 0 Å². The maximum absolute atomic E-state index is 14.8. The highest BCUT2D eigenvalue weighted by atomic mass is 19.1. The smallest absolute Gasteiger partial charge is 0.183 e. The van der Waals surface area contributed by atoms with Crippen LogP contribution >= 0.6 is 0 Å². The van der Waals surface area contributed by atoms with E-state index in [1.165, 1.54) is 12.3 Å². The Morgan fingerprint density at radius 3 is 2.66 bits per heavy atom. The van der Waals surface area contributed by atoms with E-state index < -0.39 is 5.82 Å². The van der Waals surface area contributed by atoms with Crippen LogP contribution in [0.3, 0.4) is 0 Å². The number of aromatic nitrogens is 5. The highest BCUT2D eigenvalue weighted by Crippen LogP contribution is 2.31. The molecule has 2 atom stereocenters. The molecule has 9 nitrogen and oxygen atoms in total. The summed E-state index contributed by atoms with van der Waals surface area (Å²) in [5, 5.41) is 27.9. The van der Waals surface area contributed by atoms with Crippen LogP contribution in [0.1, 0.15) is 18.4 Å². The monoisotopic (exact) mass is 482 g/mol. The summed E-state index contributed by atoms with van der Waals surface area (Å²) in [6.45, 7) is 0.398. The molecule has 4 heterocycles. The van der Waals surface area contributed by atoms with E-state index in [0.717, 1.165) is 6.20 Å². The average Bonchev–Trinajstić information content (AvgIpc) is 3.56. The molecule has 0 aliphatic carbocycles. The summed E-state index contributed by atoms with van der Waals surface area (Å²) in [5.41, 5.74) is 1.84. The minimum Gasteiger partial charge on any atom is -0.396 e. The molecule has 1 aliphatic rings. The molecule has 0 amide bonds. The molecule has 182 valence electrons. The number of rotatable bonds is 7. The molecule has 11 heteroatoms. The normalized spacial score (nSPS) is 18.2. The van der Waals surface area contributed by atoms with Gasteiger partial charge in [-0.3, -0.25) is 4.68 Å². The predicted molar refractivity (Wildman–Crippen MR) is 122 cm³/mol. The lowest BCUT2D eigenvalue weighted by atomic mass is 9.92. The van der Waals surface area contributed by atoms with Crippen molar-refractivity contribution in [1.29, 1.82) is 0 Å². The second-order valence-corrected chi connectivity index (χ2v) is 8.52. The summed E-state index contributed by atoms with van der Waals surface area (Å²) in [6, 6.07) is 9.38. The fourth-order valence-electron chi connectivity index (χ4n) is 4.42. The average molecular weight is 482 g/mol. The van der Waals surface area contributed by atoms with Crippen molar-refractivity contribution in [3.8, 4) is 22.9 Å². The number of benzene rings is 1. The van der Waals surface area contributed by atoms with Crippen LogP contribution in [0.25, 0.3) is 22.9 Å². The number of aliphatic hydroxyl groups excluding tert-OH is 2. The first-order chi connectivity index (χ1) is 17.1. The van der Waals surface area contributed by atoms with E-state index in [4.69, 9.17) is 4.52 Å². The molecule has 5 rings (SSSR count). The van der Waals surface area contributed by atoms with Crippen LogP contribution in [0.2, 0.25) is 0 Å². The molecule has 2 N–H and O–H groups in total. The van der Waals surface area contributed by atoms with Gasteiger partial charge in [-0.15, -0.1) is 0 Å². The Labute approximate surface area is 199 Å². The number of hydrogen-bond acceptors (Lipinski definition) is 8. The molecule has 0 radical (unpaired) electrons. The third-order valence-corrected chi connectivity index (χ3v) is 6.28. The van der Waals surface area contributed by atoms with Gasteiger partial charge in [0.25, 0.3) is 0 Å². The summed E-state index contributed by atoms with van der Waals surface area (Å²) in [7, 11) is 0. The number of hydrogen-bond donors (Lipinski definition) is 2. The maximum atomic E-state index is 14.8. The Bertz CT molecular complexity index is 1300. The minimum atomic E-state index is -0.614. The Balaban J connectivity index is 1.52. The Morgan fingerprint density at radius 2 is 1.91 bits per heavy atom. The van der Waals surface area contributed by atoms with E-state index in [2.05, 4.69) is 20.2 Å². The van der Waals surface area contributed by atoms with Crippen molar-refractivity contribution in [2.75, 3.05) is 24.7 Å². The van der Waals surface area contributed by atoms with Gasteiger partial charge in [0.15, 0.2) is 17.5 Å². The van der Waals surface area contributed by atoms with Gasteiger partial charge in [-0.25, -0.2) is 18.7 Å². The van der Waals surface area contributed by atoms with Crippen LogP contribution in [0.15, 0.2) is 53.4 Å². The molecule has 1 aliphatic heterocycles. The zero-order valence-electron chi connectivity index (χ0n) is 18.8. The number of nitrogens with zero attached hydrogens (tertiary/aromatic N) is 6. The lowest BCUT2D eigenvalue weighted by molar-refractivity contribution is 0.159. The first-order valence-electron chi connectivity index (χ1n) is 11.3. The molecule has 0 saturated carbocycles. The molecule has 1 aromatic carbocycles. The highest BCUT2D eigenvalue weighted by molar-refractivity contribution is 5.63. The van der Waals surface area contributed by atoms with Crippen molar-refractivity contribution >= 4 is 5.82 Å². The van der Waals surface area contributed by atoms with Gasteiger partial charge >= 0.3 is 0 Å². The first kappa shape index (κ1) is 23.1. The van der Waals surface area contributed by atoms with Crippen LogP contribution in [0, 0.1) is 17.6 Å². The summed E-state index contributed by atoms with van der Waals surface area (Å²) in [4.78, 5) is 10.3. The second kappa shape index (κ2) is 9.88. The molecule has 3 aromatic heterocycles. The molecule has 0 bridgehead atoms. The molecule has 2 unspecified atom stereocenters. The number of anilines is 1. The standard InChI is InChI=1S/C24H24F2N6O3/c25-18-4-2-1-3-16(18)12-32-22(20-6-8-35-30-20)10-21(29-32)23-27-11-19(26)24(28-23)31-7-5-15(13-33)9-17(31)14-34/h1-4,6,8,10-11,15,17,33-34H,5,7,9,12-14H2. The Hall–Kier alpha value is -3.70. The second-order valence-electron chi connectivity index (χ2n) is 8.52.